The Balaban J connectivity index is 2.05. The van der Waals surface area contributed by atoms with Crippen LogP contribution in [0.1, 0.15) is 12.8 Å². The van der Waals surface area contributed by atoms with Crippen molar-refractivity contribution in [1.82, 2.24) is 0 Å². The molecule has 2 aromatic carbocycles. The van der Waals surface area contributed by atoms with Gasteiger partial charge in [-0.15, -0.1) is 0 Å². The Labute approximate surface area is 120 Å². The predicted octanol–water partition coefficient (Wildman–Crippen LogP) is 3.93. The van der Waals surface area contributed by atoms with Gasteiger partial charge in [0, 0.05) is 16.3 Å². The summed E-state index contributed by atoms with van der Waals surface area (Å²) in [5, 5.41) is 2.18. The second-order valence-electron chi connectivity index (χ2n) is 4.12. The van der Waals surface area contributed by atoms with Gasteiger partial charge in [-0.05, 0) is 23.9 Å². The molecule has 0 aliphatic heterocycles. The molecule has 0 bridgehead atoms. The van der Waals surface area contributed by atoms with E-state index in [4.69, 9.17) is 4.74 Å². The third kappa shape index (κ3) is 3.47. The molecule has 0 spiro atoms. The van der Waals surface area contributed by atoms with Gasteiger partial charge in [-0.2, -0.15) is 0 Å². The molecule has 2 rings (SSSR count). The van der Waals surface area contributed by atoms with E-state index in [0.717, 1.165) is 21.0 Å². The highest BCUT2D eigenvalue weighted by molar-refractivity contribution is 9.10. The lowest BCUT2D eigenvalue weighted by molar-refractivity contribution is -0.140. The molecule has 4 heteroatoms. The third-order valence-electron chi connectivity index (χ3n) is 2.84. The van der Waals surface area contributed by atoms with Crippen LogP contribution in [0, 0.1) is 0 Å². The van der Waals surface area contributed by atoms with Gasteiger partial charge in [-0.25, -0.2) is 0 Å². The zero-order valence-electron chi connectivity index (χ0n) is 10.7. The fraction of sp³-hybridized carbons (Fsp3) is 0.267. The first kappa shape index (κ1) is 13.9. The van der Waals surface area contributed by atoms with Gasteiger partial charge >= 0.3 is 5.97 Å². The van der Waals surface area contributed by atoms with Crippen LogP contribution < -0.4 is 4.74 Å². The first-order valence-electron chi connectivity index (χ1n) is 6.09. The summed E-state index contributed by atoms with van der Waals surface area (Å²) < 4.78 is 11.4. The Morgan fingerprint density at radius 1 is 1.16 bits per heavy atom. The maximum atomic E-state index is 11.0. The molecule has 2 aromatic rings. The van der Waals surface area contributed by atoms with Gasteiger partial charge in [0.2, 0.25) is 0 Å². The number of halogens is 1. The van der Waals surface area contributed by atoms with E-state index in [1.165, 1.54) is 7.11 Å². The van der Waals surface area contributed by atoms with Gasteiger partial charge in [-0.1, -0.05) is 40.2 Å². The Bertz CT molecular complexity index is 581. The number of fused-ring (bicyclic) bond motifs is 1. The van der Waals surface area contributed by atoms with E-state index in [1.54, 1.807) is 0 Å². The minimum absolute atomic E-state index is 0.204. The molecule has 0 aromatic heterocycles. The number of ether oxygens (including phenoxy) is 2. The standard InChI is InChI=1S/C15H15BrO3/c1-18-15(17)7-4-10-19-14-9-8-13(16)11-5-2-3-6-12(11)14/h2-3,5-6,8-9H,4,7,10H2,1H3. The van der Waals surface area contributed by atoms with E-state index in [-0.39, 0.29) is 5.97 Å². The zero-order valence-corrected chi connectivity index (χ0v) is 12.3. The molecule has 0 radical (unpaired) electrons. The minimum atomic E-state index is -0.204. The number of benzene rings is 2. The van der Waals surface area contributed by atoms with Crippen LogP contribution >= 0.6 is 15.9 Å². The SMILES string of the molecule is COC(=O)CCCOc1ccc(Br)c2ccccc12. The van der Waals surface area contributed by atoms with Crippen LogP contribution in [0.5, 0.6) is 5.75 Å². The summed E-state index contributed by atoms with van der Waals surface area (Å²) in [6.07, 6.45) is 1.03. The van der Waals surface area contributed by atoms with Gasteiger partial charge in [0.1, 0.15) is 5.75 Å². The van der Waals surface area contributed by atoms with Crippen molar-refractivity contribution in [3.8, 4) is 5.75 Å². The molecular weight excluding hydrogens is 308 g/mol. The summed E-state index contributed by atoms with van der Waals surface area (Å²) in [4.78, 5) is 11.0. The van der Waals surface area contributed by atoms with Crippen LogP contribution in [0.3, 0.4) is 0 Å². The Morgan fingerprint density at radius 2 is 1.89 bits per heavy atom. The Kier molecular flexibility index (Phi) is 4.80. The van der Waals surface area contributed by atoms with Gasteiger partial charge < -0.3 is 9.47 Å². The van der Waals surface area contributed by atoms with Crippen LogP contribution in [0.25, 0.3) is 10.8 Å². The highest BCUT2D eigenvalue weighted by atomic mass is 79.9. The molecule has 0 aliphatic carbocycles. The number of hydrogen-bond donors (Lipinski definition) is 0. The summed E-state index contributed by atoms with van der Waals surface area (Å²) in [7, 11) is 1.39. The second kappa shape index (κ2) is 6.57. The molecular formula is C15H15BrO3. The smallest absolute Gasteiger partial charge is 0.305 e. The summed E-state index contributed by atoms with van der Waals surface area (Å²) >= 11 is 3.52. The average Bonchev–Trinajstić information content (AvgIpc) is 2.45. The van der Waals surface area contributed by atoms with Gasteiger partial charge in [0.05, 0.1) is 13.7 Å². The average molecular weight is 323 g/mol. The maximum Gasteiger partial charge on any atom is 0.305 e. The fourth-order valence-corrected chi connectivity index (χ4v) is 2.34. The van der Waals surface area contributed by atoms with Crippen LogP contribution in [-0.4, -0.2) is 19.7 Å². The monoisotopic (exact) mass is 322 g/mol. The lowest BCUT2D eigenvalue weighted by atomic mass is 10.1. The number of carbonyl (C=O) groups excluding carboxylic acids is 1. The van der Waals surface area contributed by atoms with E-state index in [9.17, 15) is 4.79 Å². The lowest BCUT2D eigenvalue weighted by Crippen LogP contribution is -2.04. The minimum Gasteiger partial charge on any atom is -0.493 e. The summed E-state index contributed by atoms with van der Waals surface area (Å²) in [6.45, 7) is 0.501. The summed E-state index contributed by atoms with van der Waals surface area (Å²) in [5.74, 6) is 0.632. The topological polar surface area (TPSA) is 35.5 Å². The third-order valence-corrected chi connectivity index (χ3v) is 3.53. The van der Waals surface area contributed by atoms with E-state index >= 15 is 0 Å². The fourth-order valence-electron chi connectivity index (χ4n) is 1.86. The quantitative estimate of drug-likeness (QED) is 0.618. The maximum absolute atomic E-state index is 11.0. The first-order valence-corrected chi connectivity index (χ1v) is 6.88. The Hall–Kier alpha value is -1.55. The highest BCUT2D eigenvalue weighted by Crippen LogP contribution is 2.31. The lowest BCUT2D eigenvalue weighted by Gasteiger charge is -2.10. The van der Waals surface area contributed by atoms with Crippen LogP contribution in [0.2, 0.25) is 0 Å². The number of esters is 1. The van der Waals surface area contributed by atoms with Crippen molar-refractivity contribution in [1.29, 1.82) is 0 Å². The normalized spacial score (nSPS) is 10.4. The van der Waals surface area contributed by atoms with Crippen LogP contribution in [0.4, 0.5) is 0 Å². The van der Waals surface area contributed by atoms with E-state index in [1.807, 2.05) is 36.4 Å². The van der Waals surface area contributed by atoms with E-state index in [0.29, 0.717) is 19.4 Å². The highest BCUT2D eigenvalue weighted by Gasteiger charge is 2.05. The van der Waals surface area contributed by atoms with E-state index in [2.05, 4.69) is 20.7 Å². The van der Waals surface area contributed by atoms with E-state index < -0.39 is 0 Å². The number of methoxy groups -OCH3 is 1. The van der Waals surface area contributed by atoms with Crippen molar-refractivity contribution in [2.45, 2.75) is 12.8 Å². The van der Waals surface area contributed by atoms with Gasteiger partial charge in [0.25, 0.3) is 0 Å². The molecule has 0 unspecified atom stereocenters. The first-order chi connectivity index (χ1) is 9.22. The van der Waals surface area contributed by atoms with Crippen molar-refractivity contribution in [3.63, 3.8) is 0 Å². The van der Waals surface area contributed by atoms with Crippen molar-refractivity contribution >= 4 is 32.7 Å². The number of rotatable bonds is 5. The Morgan fingerprint density at radius 3 is 2.63 bits per heavy atom. The van der Waals surface area contributed by atoms with Crippen molar-refractivity contribution < 1.29 is 14.3 Å². The van der Waals surface area contributed by atoms with Gasteiger partial charge in [0.15, 0.2) is 0 Å². The molecule has 0 saturated carbocycles. The second-order valence-corrected chi connectivity index (χ2v) is 4.97. The largest absolute Gasteiger partial charge is 0.493 e. The van der Waals surface area contributed by atoms with Crippen molar-refractivity contribution in [2.75, 3.05) is 13.7 Å². The molecule has 0 fully saturated rings. The summed E-state index contributed by atoms with van der Waals surface area (Å²) in [5.41, 5.74) is 0. The molecule has 0 amide bonds. The van der Waals surface area contributed by atoms with Crippen molar-refractivity contribution in [2.24, 2.45) is 0 Å². The molecule has 3 nitrogen and oxygen atoms in total. The number of hydrogen-bond acceptors (Lipinski definition) is 3. The predicted molar refractivity (Wildman–Crippen MR) is 78.4 cm³/mol. The van der Waals surface area contributed by atoms with Crippen LogP contribution in [0.15, 0.2) is 40.9 Å². The molecule has 100 valence electrons. The molecule has 0 heterocycles. The van der Waals surface area contributed by atoms with Crippen molar-refractivity contribution in [3.05, 3.63) is 40.9 Å². The molecule has 0 aliphatic rings. The number of carbonyl (C=O) groups is 1. The van der Waals surface area contributed by atoms with Gasteiger partial charge in [-0.3, -0.25) is 4.79 Å². The molecule has 0 saturated heterocycles. The summed E-state index contributed by atoms with van der Waals surface area (Å²) in [6, 6.07) is 11.9. The van der Waals surface area contributed by atoms with Crippen LogP contribution in [-0.2, 0) is 9.53 Å². The molecule has 0 atom stereocenters. The zero-order chi connectivity index (χ0) is 13.7. The molecule has 0 N–H and O–H groups in total. The molecule has 19 heavy (non-hydrogen) atoms.